The van der Waals surface area contributed by atoms with Crippen LogP contribution in [0, 0.1) is 5.92 Å². The molecule has 1 saturated heterocycles. The molecule has 2 aliphatic heterocycles. The number of nitrogens with two attached hydrogens (primary N) is 1. The van der Waals surface area contributed by atoms with Gasteiger partial charge in [-0.1, -0.05) is 18.2 Å². The zero-order valence-corrected chi connectivity index (χ0v) is 15.5. The smallest absolute Gasteiger partial charge is 0.240 e. The lowest BCUT2D eigenvalue weighted by Crippen LogP contribution is -2.45. The van der Waals surface area contributed by atoms with E-state index in [-0.39, 0.29) is 18.4 Å². The third-order valence-electron chi connectivity index (χ3n) is 5.58. The number of fused-ring (bicyclic) bond motifs is 2. The molecule has 2 N–H and O–H groups in total. The standard InChI is InChI=1S/C19H23N3O3S/c20-16(23)9-22-15-4-2-1-3-14(15)19(18(22)25)7-8-21(12-19)17(24)11-26-10-13-5-6-13/h1-4,13H,5-12H2,(H2,20,23)/t19-/m1/s1. The maximum atomic E-state index is 13.2. The summed E-state index contributed by atoms with van der Waals surface area (Å²) in [5.41, 5.74) is 6.26. The Labute approximate surface area is 157 Å². The summed E-state index contributed by atoms with van der Waals surface area (Å²) in [5, 5.41) is 0. The quantitative estimate of drug-likeness (QED) is 0.810. The Hall–Kier alpha value is -2.02. The molecule has 1 saturated carbocycles. The molecule has 138 valence electrons. The number of rotatable bonds is 6. The molecule has 7 heteroatoms. The van der Waals surface area contributed by atoms with Gasteiger partial charge in [0.2, 0.25) is 17.7 Å². The largest absolute Gasteiger partial charge is 0.368 e. The Morgan fingerprint density at radius 2 is 2.04 bits per heavy atom. The van der Waals surface area contributed by atoms with E-state index in [9.17, 15) is 14.4 Å². The first-order valence-electron chi connectivity index (χ1n) is 9.06. The maximum absolute atomic E-state index is 13.2. The van der Waals surface area contributed by atoms with E-state index in [4.69, 9.17) is 5.73 Å². The van der Waals surface area contributed by atoms with Crippen LogP contribution in [0.5, 0.6) is 0 Å². The monoisotopic (exact) mass is 373 g/mol. The number of carbonyl (C=O) groups excluding carboxylic acids is 3. The second-order valence-electron chi connectivity index (χ2n) is 7.48. The molecule has 0 unspecified atom stereocenters. The lowest BCUT2D eigenvalue weighted by atomic mass is 9.81. The second-order valence-corrected chi connectivity index (χ2v) is 8.51. The van der Waals surface area contributed by atoms with Crippen molar-refractivity contribution in [3.63, 3.8) is 0 Å². The molecule has 3 aliphatic rings. The number of carbonyl (C=O) groups is 3. The Kier molecular flexibility index (Phi) is 4.42. The van der Waals surface area contributed by atoms with Gasteiger partial charge in [0.05, 0.1) is 11.2 Å². The molecule has 1 spiro atoms. The van der Waals surface area contributed by atoms with Crippen LogP contribution in [-0.4, -0.2) is 53.8 Å². The number of anilines is 1. The first-order chi connectivity index (χ1) is 12.5. The zero-order chi connectivity index (χ0) is 18.3. The van der Waals surface area contributed by atoms with Crippen LogP contribution in [0.15, 0.2) is 24.3 Å². The van der Waals surface area contributed by atoms with Gasteiger partial charge in [-0.3, -0.25) is 14.4 Å². The van der Waals surface area contributed by atoms with Crippen LogP contribution in [0.25, 0.3) is 0 Å². The van der Waals surface area contributed by atoms with Crippen LogP contribution in [0.3, 0.4) is 0 Å². The number of nitrogens with zero attached hydrogens (tertiary/aromatic N) is 2. The number of hydrogen-bond acceptors (Lipinski definition) is 4. The molecule has 26 heavy (non-hydrogen) atoms. The van der Waals surface area contributed by atoms with Gasteiger partial charge < -0.3 is 15.5 Å². The summed E-state index contributed by atoms with van der Waals surface area (Å²) in [6, 6.07) is 7.54. The second kappa shape index (κ2) is 6.61. The zero-order valence-electron chi connectivity index (χ0n) is 14.6. The maximum Gasteiger partial charge on any atom is 0.240 e. The molecular weight excluding hydrogens is 350 g/mol. The minimum atomic E-state index is -0.733. The van der Waals surface area contributed by atoms with Crippen molar-refractivity contribution in [2.45, 2.75) is 24.7 Å². The van der Waals surface area contributed by atoms with E-state index in [0.717, 1.165) is 22.9 Å². The summed E-state index contributed by atoms with van der Waals surface area (Å²) in [6.07, 6.45) is 3.17. The number of benzene rings is 1. The molecule has 1 aromatic rings. The Morgan fingerprint density at radius 1 is 1.27 bits per heavy atom. The fourth-order valence-electron chi connectivity index (χ4n) is 4.02. The molecule has 4 rings (SSSR count). The fourth-order valence-corrected chi connectivity index (χ4v) is 5.16. The normalized spacial score (nSPS) is 24.4. The number of amides is 3. The molecule has 6 nitrogen and oxygen atoms in total. The van der Waals surface area contributed by atoms with E-state index >= 15 is 0 Å². The molecule has 0 aromatic heterocycles. The van der Waals surface area contributed by atoms with Gasteiger partial charge in [-0.25, -0.2) is 0 Å². The van der Waals surface area contributed by atoms with Crippen LogP contribution < -0.4 is 10.6 Å². The molecule has 1 aromatic carbocycles. The SMILES string of the molecule is NC(=O)CN1C(=O)[C@@]2(CCN(C(=O)CSCC3CC3)C2)c2ccccc21. The van der Waals surface area contributed by atoms with Crippen molar-refractivity contribution >= 4 is 35.2 Å². The summed E-state index contributed by atoms with van der Waals surface area (Å²) < 4.78 is 0. The van der Waals surface area contributed by atoms with E-state index in [2.05, 4.69) is 0 Å². The highest BCUT2D eigenvalue weighted by Gasteiger charge is 2.55. The van der Waals surface area contributed by atoms with Crippen molar-refractivity contribution in [3.8, 4) is 0 Å². The summed E-state index contributed by atoms with van der Waals surface area (Å²) in [6.45, 7) is 0.844. The van der Waals surface area contributed by atoms with E-state index in [1.165, 1.54) is 17.7 Å². The number of likely N-dealkylation sites (tertiary alicyclic amines) is 1. The van der Waals surface area contributed by atoms with Crippen molar-refractivity contribution in [3.05, 3.63) is 29.8 Å². The van der Waals surface area contributed by atoms with E-state index in [1.54, 1.807) is 11.8 Å². The molecule has 1 aliphatic carbocycles. The molecule has 2 heterocycles. The van der Waals surface area contributed by atoms with Crippen LogP contribution in [0.2, 0.25) is 0 Å². The van der Waals surface area contributed by atoms with Gasteiger partial charge in [0.1, 0.15) is 6.54 Å². The van der Waals surface area contributed by atoms with Gasteiger partial charge >= 0.3 is 0 Å². The van der Waals surface area contributed by atoms with Gasteiger partial charge in [0.25, 0.3) is 0 Å². The summed E-state index contributed by atoms with van der Waals surface area (Å²) in [5.74, 6) is 1.78. The van der Waals surface area contributed by atoms with Crippen LogP contribution in [0.1, 0.15) is 24.8 Å². The van der Waals surface area contributed by atoms with E-state index < -0.39 is 11.3 Å². The van der Waals surface area contributed by atoms with Crippen LogP contribution in [-0.2, 0) is 19.8 Å². The molecule has 2 fully saturated rings. The highest BCUT2D eigenvalue weighted by atomic mass is 32.2. The third kappa shape index (κ3) is 2.98. The fraction of sp³-hybridized carbons (Fsp3) is 0.526. The molecule has 3 amide bonds. The lowest BCUT2D eigenvalue weighted by Gasteiger charge is -2.24. The molecular formula is C19H23N3O3S. The predicted octanol–water partition coefficient (Wildman–Crippen LogP) is 1.13. The third-order valence-corrected chi connectivity index (χ3v) is 6.74. The summed E-state index contributed by atoms with van der Waals surface area (Å²) in [4.78, 5) is 40.5. The number of hydrogen-bond donors (Lipinski definition) is 1. The summed E-state index contributed by atoms with van der Waals surface area (Å²) in [7, 11) is 0. The average molecular weight is 373 g/mol. The predicted molar refractivity (Wildman–Crippen MR) is 101 cm³/mol. The van der Waals surface area contributed by atoms with Crippen molar-refractivity contribution in [2.75, 3.05) is 36.0 Å². The van der Waals surface area contributed by atoms with Crippen molar-refractivity contribution in [1.29, 1.82) is 0 Å². The number of para-hydroxylation sites is 1. The van der Waals surface area contributed by atoms with Gasteiger partial charge in [-0.2, -0.15) is 11.8 Å². The highest BCUT2D eigenvalue weighted by molar-refractivity contribution is 7.99. The minimum absolute atomic E-state index is 0.103. The van der Waals surface area contributed by atoms with Gasteiger partial charge in [-0.05, 0) is 42.6 Å². The lowest BCUT2D eigenvalue weighted by molar-refractivity contribution is -0.128. The Bertz CT molecular complexity index is 764. The number of primary amides is 1. The van der Waals surface area contributed by atoms with Crippen molar-refractivity contribution in [1.82, 2.24) is 4.90 Å². The first kappa shape index (κ1) is 17.4. The van der Waals surface area contributed by atoms with Crippen LogP contribution >= 0.6 is 11.8 Å². The highest BCUT2D eigenvalue weighted by Crippen LogP contribution is 2.47. The van der Waals surface area contributed by atoms with Crippen molar-refractivity contribution < 1.29 is 14.4 Å². The first-order valence-corrected chi connectivity index (χ1v) is 10.2. The van der Waals surface area contributed by atoms with E-state index in [1.807, 2.05) is 29.2 Å². The Balaban J connectivity index is 1.51. The number of thioether (sulfide) groups is 1. The van der Waals surface area contributed by atoms with Crippen molar-refractivity contribution in [2.24, 2.45) is 11.7 Å². The van der Waals surface area contributed by atoms with E-state index in [0.29, 0.717) is 25.3 Å². The van der Waals surface area contributed by atoms with Gasteiger partial charge in [-0.15, -0.1) is 0 Å². The van der Waals surface area contributed by atoms with Gasteiger partial charge in [0.15, 0.2) is 0 Å². The molecule has 0 bridgehead atoms. The minimum Gasteiger partial charge on any atom is -0.368 e. The molecule has 0 radical (unpaired) electrons. The summed E-state index contributed by atoms with van der Waals surface area (Å²) >= 11 is 1.70. The van der Waals surface area contributed by atoms with Crippen LogP contribution in [0.4, 0.5) is 5.69 Å². The Morgan fingerprint density at radius 3 is 2.77 bits per heavy atom. The topological polar surface area (TPSA) is 83.7 Å². The van der Waals surface area contributed by atoms with Gasteiger partial charge in [0, 0.05) is 18.8 Å². The molecule has 1 atom stereocenters. The average Bonchev–Trinajstić information content (AvgIpc) is 3.29.